The third-order valence-electron chi connectivity index (χ3n) is 3.04. The number of allylic oxidation sites excluding steroid dienone is 2. The van der Waals surface area contributed by atoms with E-state index in [1.54, 1.807) is 0 Å². The van der Waals surface area contributed by atoms with Gasteiger partial charge >= 0.3 is 0 Å². The second-order valence-corrected chi connectivity index (χ2v) is 10.2. The van der Waals surface area contributed by atoms with Gasteiger partial charge in [0.2, 0.25) is 0 Å². The molecule has 116 valence electrons. The van der Waals surface area contributed by atoms with Gasteiger partial charge in [0.1, 0.15) is 0 Å². The van der Waals surface area contributed by atoms with Gasteiger partial charge in [0.25, 0.3) is 0 Å². The molecule has 2 rings (SSSR count). The maximum atomic E-state index is 6.48. The van der Waals surface area contributed by atoms with Crippen molar-refractivity contribution in [2.45, 2.75) is 38.6 Å². The topological polar surface area (TPSA) is 9.23 Å². The van der Waals surface area contributed by atoms with Crippen LogP contribution in [-0.2, 0) is 31.7 Å². The maximum absolute atomic E-state index is 6.48. The summed E-state index contributed by atoms with van der Waals surface area (Å²) in [4.78, 5) is 0. The van der Waals surface area contributed by atoms with E-state index in [0.717, 1.165) is 12.0 Å². The summed E-state index contributed by atoms with van der Waals surface area (Å²) in [6, 6.07) is 10.5. The van der Waals surface area contributed by atoms with E-state index in [-0.39, 0.29) is 52.1 Å². The Morgan fingerprint density at radius 1 is 1.10 bits per heavy atom. The van der Waals surface area contributed by atoms with Crippen LogP contribution in [0.1, 0.15) is 18.9 Å². The average Bonchev–Trinajstić information content (AvgIpc) is 2.82. The molecule has 1 atom stereocenters. The van der Waals surface area contributed by atoms with Gasteiger partial charge in [-0.1, -0.05) is 30.3 Å². The predicted octanol–water partition coefficient (Wildman–Crippen LogP) is 5.28. The van der Waals surface area contributed by atoms with Crippen LogP contribution in [0.15, 0.2) is 48.1 Å². The molecular formula is C16H23Cl2OSiTi-. The van der Waals surface area contributed by atoms with Crippen LogP contribution in [0.4, 0.5) is 0 Å². The van der Waals surface area contributed by atoms with Gasteiger partial charge in [0.05, 0.1) is 5.60 Å². The molecule has 0 aromatic heterocycles. The Morgan fingerprint density at radius 2 is 1.67 bits per heavy atom. The van der Waals surface area contributed by atoms with E-state index in [0.29, 0.717) is 0 Å². The van der Waals surface area contributed by atoms with Crippen molar-refractivity contribution in [3.05, 3.63) is 59.7 Å². The molecule has 0 saturated heterocycles. The Morgan fingerprint density at radius 3 is 2.10 bits per heavy atom. The number of hydrogen-bond acceptors (Lipinski definition) is 1. The van der Waals surface area contributed by atoms with Crippen molar-refractivity contribution in [2.75, 3.05) is 0 Å². The van der Waals surface area contributed by atoms with Gasteiger partial charge in [-0.25, -0.2) is 6.08 Å². The summed E-state index contributed by atoms with van der Waals surface area (Å²) in [7, 11) is -1.64. The fourth-order valence-corrected chi connectivity index (χ4v) is 3.82. The molecule has 21 heavy (non-hydrogen) atoms. The average molecular weight is 378 g/mol. The molecule has 1 aromatic rings. The molecule has 0 radical (unpaired) electrons. The Balaban J connectivity index is 0. The summed E-state index contributed by atoms with van der Waals surface area (Å²) in [5, 5.41) is 0. The second kappa shape index (κ2) is 9.34. The zero-order chi connectivity index (χ0) is 13.2. The van der Waals surface area contributed by atoms with E-state index in [9.17, 15) is 0 Å². The van der Waals surface area contributed by atoms with Crippen LogP contribution < -0.4 is 0 Å². The summed E-state index contributed by atoms with van der Waals surface area (Å²) in [6.45, 7) is 8.85. The van der Waals surface area contributed by atoms with Crippen LogP contribution in [0.5, 0.6) is 0 Å². The summed E-state index contributed by atoms with van der Waals surface area (Å²) in [6.07, 6.45) is 8.61. The summed E-state index contributed by atoms with van der Waals surface area (Å²) < 4.78 is 6.48. The van der Waals surface area contributed by atoms with E-state index in [1.165, 1.54) is 5.56 Å². The van der Waals surface area contributed by atoms with Crippen LogP contribution in [0.3, 0.4) is 0 Å². The standard InChI is InChI=1S/C16H21OSi.2ClH.Ti/c1-16(17-18(2,3)4,15-12-8-9-13-15)14-10-6-5-7-11-14;;;/h5-8,10-12H,9H2,1-4H3;2*1H;/q-1;;;. The summed E-state index contributed by atoms with van der Waals surface area (Å²) >= 11 is 0. The first-order valence-corrected chi connectivity index (χ1v) is 9.86. The van der Waals surface area contributed by atoms with Crippen LogP contribution in [0, 0.1) is 6.08 Å². The van der Waals surface area contributed by atoms with Crippen LogP contribution >= 0.6 is 24.8 Å². The maximum Gasteiger partial charge on any atom is 0.185 e. The van der Waals surface area contributed by atoms with E-state index in [1.807, 2.05) is 6.07 Å². The quantitative estimate of drug-likeness (QED) is 0.512. The van der Waals surface area contributed by atoms with Gasteiger partial charge in [0, 0.05) is 21.7 Å². The van der Waals surface area contributed by atoms with Gasteiger partial charge in [-0.3, -0.25) is 6.08 Å². The zero-order valence-electron chi connectivity index (χ0n) is 13.0. The third-order valence-corrected chi connectivity index (χ3v) is 4.06. The Labute approximate surface area is 157 Å². The molecule has 0 saturated carbocycles. The Kier molecular flexibility index (Phi) is 10.4. The SMILES string of the molecule is CC(O[Si](C)(C)C)(C1=[C-]CC=C1)c1ccccc1.Cl.Cl.[Ti]. The number of hydrogen-bond donors (Lipinski definition) is 0. The molecule has 0 amide bonds. The van der Waals surface area contributed by atoms with Gasteiger partial charge in [-0.2, -0.15) is 11.6 Å². The number of halogens is 2. The predicted molar refractivity (Wildman–Crippen MR) is 93.2 cm³/mol. The molecule has 5 heteroatoms. The largest absolute Gasteiger partial charge is 0.408 e. The fraction of sp³-hybridized carbons (Fsp3) is 0.375. The van der Waals surface area contributed by atoms with Crippen LogP contribution in [0.25, 0.3) is 0 Å². The first-order valence-electron chi connectivity index (χ1n) is 6.45. The smallest absolute Gasteiger partial charge is 0.185 e. The van der Waals surface area contributed by atoms with Gasteiger partial charge < -0.3 is 4.43 Å². The van der Waals surface area contributed by atoms with Crippen LogP contribution in [-0.4, -0.2) is 8.32 Å². The molecule has 1 aliphatic carbocycles. The Hall–Kier alpha value is 0.171. The minimum atomic E-state index is -1.64. The first-order chi connectivity index (χ1) is 8.42. The van der Waals surface area contributed by atoms with E-state index in [2.05, 4.69) is 69.1 Å². The van der Waals surface area contributed by atoms with Crippen LogP contribution in [0.2, 0.25) is 19.6 Å². The molecular weight excluding hydrogens is 355 g/mol. The van der Waals surface area contributed by atoms with Crippen molar-refractivity contribution in [1.29, 1.82) is 0 Å². The second-order valence-electron chi connectivity index (χ2n) is 5.81. The van der Waals surface area contributed by atoms with Gasteiger partial charge in [0.15, 0.2) is 8.32 Å². The normalized spacial score (nSPS) is 15.9. The summed E-state index contributed by atoms with van der Waals surface area (Å²) in [5.41, 5.74) is 2.01. The molecule has 1 aromatic carbocycles. The minimum Gasteiger partial charge on any atom is -0.408 e. The molecule has 0 fully saturated rings. The van der Waals surface area contributed by atoms with Gasteiger partial charge in [-0.15, -0.1) is 31.2 Å². The minimum absolute atomic E-state index is 0. The van der Waals surface area contributed by atoms with E-state index in [4.69, 9.17) is 4.43 Å². The van der Waals surface area contributed by atoms with Crippen molar-refractivity contribution in [3.63, 3.8) is 0 Å². The summed E-state index contributed by atoms with van der Waals surface area (Å²) in [5.74, 6) is 0. The molecule has 1 nitrogen and oxygen atoms in total. The van der Waals surface area contributed by atoms with Crippen molar-refractivity contribution in [1.82, 2.24) is 0 Å². The third kappa shape index (κ3) is 6.05. The Bertz CT molecular complexity index is 483. The molecule has 0 bridgehead atoms. The monoisotopic (exact) mass is 377 g/mol. The first kappa shape index (κ1) is 23.4. The number of benzene rings is 1. The molecule has 0 spiro atoms. The zero-order valence-corrected chi connectivity index (χ0v) is 17.2. The van der Waals surface area contributed by atoms with Crippen molar-refractivity contribution in [2.24, 2.45) is 0 Å². The molecule has 0 aliphatic heterocycles. The van der Waals surface area contributed by atoms with E-state index >= 15 is 0 Å². The molecule has 0 N–H and O–H groups in total. The van der Waals surface area contributed by atoms with Gasteiger partial charge in [-0.05, 0) is 32.1 Å². The van der Waals surface area contributed by atoms with Crippen molar-refractivity contribution < 1.29 is 26.1 Å². The molecule has 1 unspecified atom stereocenters. The van der Waals surface area contributed by atoms with E-state index < -0.39 is 8.32 Å². The number of rotatable bonds is 4. The fourth-order valence-electron chi connectivity index (χ4n) is 2.37. The van der Waals surface area contributed by atoms with Crippen molar-refractivity contribution in [3.8, 4) is 0 Å². The van der Waals surface area contributed by atoms with Crippen molar-refractivity contribution >= 4 is 33.1 Å². The molecule has 0 heterocycles. The molecule has 1 aliphatic rings.